The summed E-state index contributed by atoms with van der Waals surface area (Å²) in [6.07, 6.45) is -0.798. The number of esters is 1. The third kappa shape index (κ3) is 4.54. The van der Waals surface area contributed by atoms with Crippen molar-refractivity contribution in [1.29, 1.82) is 0 Å². The third-order valence-electron chi connectivity index (χ3n) is 3.05. The van der Waals surface area contributed by atoms with Crippen molar-refractivity contribution in [2.75, 3.05) is 12.4 Å². The Morgan fingerprint density at radius 3 is 2.48 bits per heavy atom. The number of anilines is 1. The van der Waals surface area contributed by atoms with Crippen LogP contribution in [0.4, 0.5) is 10.1 Å². The number of carbonyl (C=O) groups excluding carboxylic acids is 2. The van der Waals surface area contributed by atoms with Gasteiger partial charge in [-0.2, -0.15) is 0 Å². The Kier molecular flexibility index (Phi) is 5.30. The molecule has 1 N–H and O–H groups in total. The van der Waals surface area contributed by atoms with Gasteiger partial charge in [-0.3, -0.25) is 4.79 Å². The number of halogens is 1. The van der Waals surface area contributed by atoms with E-state index in [2.05, 4.69) is 10.1 Å². The minimum absolute atomic E-state index is 0.330. The fraction of sp³-hybridized carbons (Fsp3) is 0.176. The lowest BCUT2D eigenvalue weighted by molar-refractivity contribution is -0.122. The van der Waals surface area contributed by atoms with Gasteiger partial charge in [0.15, 0.2) is 6.10 Å². The molecule has 6 heteroatoms. The number of nitrogens with one attached hydrogen (secondary N) is 1. The van der Waals surface area contributed by atoms with Crippen LogP contribution in [0.5, 0.6) is 5.75 Å². The highest BCUT2D eigenvalue weighted by molar-refractivity contribution is 5.94. The molecule has 0 radical (unpaired) electrons. The molecule has 0 saturated carbocycles. The molecule has 1 amide bonds. The highest BCUT2D eigenvalue weighted by atomic mass is 19.1. The van der Waals surface area contributed by atoms with Crippen LogP contribution in [0.15, 0.2) is 48.5 Å². The Hall–Kier alpha value is -2.89. The maximum absolute atomic E-state index is 12.8. The lowest BCUT2D eigenvalue weighted by atomic mass is 10.2. The van der Waals surface area contributed by atoms with E-state index in [9.17, 15) is 14.0 Å². The standard InChI is InChI=1S/C17H16FNO4/c1-11(16(20)19-14-8-6-13(18)7-9-14)23-15-5-3-4-12(10-15)17(21)22-2/h3-11H,1-2H3,(H,19,20)/t11-/m0/s1. The zero-order chi connectivity index (χ0) is 16.8. The predicted octanol–water partition coefficient (Wildman–Crippen LogP) is 3.02. The van der Waals surface area contributed by atoms with Gasteiger partial charge in [0.25, 0.3) is 5.91 Å². The Bertz CT molecular complexity index is 700. The van der Waals surface area contributed by atoms with E-state index in [4.69, 9.17) is 4.74 Å². The third-order valence-corrected chi connectivity index (χ3v) is 3.05. The molecule has 2 rings (SSSR count). The lowest BCUT2D eigenvalue weighted by Gasteiger charge is -2.15. The molecule has 1 atom stereocenters. The fourth-order valence-electron chi connectivity index (χ4n) is 1.85. The van der Waals surface area contributed by atoms with Gasteiger partial charge in [-0.1, -0.05) is 6.07 Å². The summed E-state index contributed by atoms with van der Waals surface area (Å²) in [4.78, 5) is 23.5. The van der Waals surface area contributed by atoms with Gasteiger partial charge in [0.1, 0.15) is 11.6 Å². The fourth-order valence-corrected chi connectivity index (χ4v) is 1.85. The second-order valence-corrected chi connectivity index (χ2v) is 4.78. The van der Waals surface area contributed by atoms with Gasteiger partial charge in [-0.25, -0.2) is 9.18 Å². The quantitative estimate of drug-likeness (QED) is 0.861. The Morgan fingerprint density at radius 1 is 1.13 bits per heavy atom. The minimum Gasteiger partial charge on any atom is -0.481 e. The number of ether oxygens (including phenoxy) is 2. The van der Waals surface area contributed by atoms with Crippen LogP contribution in [0.3, 0.4) is 0 Å². The molecule has 2 aromatic carbocycles. The molecular weight excluding hydrogens is 301 g/mol. The molecule has 0 fully saturated rings. The topological polar surface area (TPSA) is 64.6 Å². The van der Waals surface area contributed by atoms with E-state index in [1.165, 1.54) is 37.4 Å². The number of amides is 1. The van der Waals surface area contributed by atoms with Crippen LogP contribution in [-0.2, 0) is 9.53 Å². The van der Waals surface area contributed by atoms with Crippen molar-refractivity contribution in [3.63, 3.8) is 0 Å². The number of benzene rings is 2. The molecule has 120 valence electrons. The van der Waals surface area contributed by atoms with Gasteiger partial charge in [-0.15, -0.1) is 0 Å². The maximum atomic E-state index is 12.8. The number of hydrogen-bond donors (Lipinski definition) is 1. The Morgan fingerprint density at radius 2 is 1.83 bits per heavy atom. The van der Waals surface area contributed by atoms with E-state index in [1.54, 1.807) is 25.1 Å². The van der Waals surface area contributed by atoms with Gasteiger partial charge in [0.05, 0.1) is 12.7 Å². The first-order valence-electron chi connectivity index (χ1n) is 6.91. The molecule has 0 aliphatic carbocycles. The zero-order valence-electron chi connectivity index (χ0n) is 12.7. The summed E-state index contributed by atoms with van der Waals surface area (Å²) >= 11 is 0. The molecule has 5 nitrogen and oxygen atoms in total. The van der Waals surface area contributed by atoms with Crippen molar-refractivity contribution in [3.05, 3.63) is 59.9 Å². The van der Waals surface area contributed by atoms with Crippen molar-refractivity contribution in [2.45, 2.75) is 13.0 Å². The zero-order valence-corrected chi connectivity index (χ0v) is 12.7. The molecule has 0 unspecified atom stereocenters. The Labute approximate surface area is 133 Å². The molecule has 0 aliphatic heterocycles. The van der Waals surface area contributed by atoms with Crippen LogP contribution in [0.2, 0.25) is 0 Å². The molecule has 0 aliphatic rings. The summed E-state index contributed by atoms with van der Waals surface area (Å²) in [7, 11) is 1.29. The number of carbonyl (C=O) groups is 2. The van der Waals surface area contributed by atoms with Crippen molar-refractivity contribution in [3.8, 4) is 5.75 Å². The van der Waals surface area contributed by atoms with Crippen LogP contribution >= 0.6 is 0 Å². The highest BCUT2D eigenvalue weighted by Crippen LogP contribution is 2.16. The van der Waals surface area contributed by atoms with E-state index in [0.29, 0.717) is 17.0 Å². The molecule has 2 aromatic rings. The molecule has 0 spiro atoms. The largest absolute Gasteiger partial charge is 0.481 e. The first kappa shape index (κ1) is 16.5. The van der Waals surface area contributed by atoms with E-state index in [0.717, 1.165) is 0 Å². The summed E-state index contributed by atoms with van der Waals surface area (Å²) in [5.41, 5.74) is 0.798. The Balaban J connectivity index is 2.00. The summed E-state index contributed by atoms with van der Waals surface area (Å²) in [5, 5.41) is 2.62. The molecule has 0 heterocycles. The van der Waals surface area contributed by atoms with Gasteiger partial charge < -0.3 is 14.8 Å². The number of rotatable bonds is 5. The first-order chi connectivity index (χ1) is 11.0. The van der Waals surface area contributed by atoms with Crippen LogP contribution in [0, 0.1) is 5.82 Å². The van der Waals surface area contributed by atoms with E-state index < -0.39 is 12.1 Å². The molecule has 0 aromatic heterocycles. The second kappa shape index (κ2) is 7.40. The van der Waals surface area contributed by atoms with Gasteiger partial charge in [-0.05, 0) is 49.4 Å². The van der Waals surface area contributed by atoms with Gasteiger partial charge >= 0.3 is 5.97 Å². The van der Waals surface area contributed by atoms with Crippen LogP contribution in [0.1, 0.15) is 17.3 Å². The maximum Gasteiger partial charge on any atom is 0.337 e. The number of methoxy groups -OCH3 is 1. The van der Waals surface area contributed by atoms with Crippen molar-refractivity contribution < 1.29 is 23.5 Å². The van der Waals surface area contributed by atoms with Gasteiger partial charge in [0, 0.05) is 5.69 Å². The average Bonchev–Trinajstić information content (AvgIpc) is 2.56. The van der Waals surface area contributed by atoms with Crippen molar-refractivity contribution >= 4 is 17.6 Å². The van der Waals surface area contributed by atoms with E-state index in [-0.39, 0.29) is 11.7 Å². The highest BCUT2D eigenvalue weighted by Gasteiger charge is 2.16. The molecular formula is C17H16FNO4. The summed E-state index contributed by atoms with van der Waals surface area (Å²) in [6, 6.07) is 11.8. The minimum atomic E-state index is -0.798. The number of hydrogen-bond acceptors (Lipinski definition) is 4. The lowest BCUT2D eigenvalue weighted by Crippen LogP contribution is -2.30. The van der Waals surface area contributed by atoms with Crippen molar-refractivity contribution in [2.24, 2.45) is 0 Å². The first-order valence-corrected chi connectivity index (χ1v) is 6.91. The van der Waals surface area contributed by atoms with Crippen LogP contribution < -0.4 is 10.1 Å². The van der Waals surface area contributed by atoms with E-state index in [1.807, 2.05) is 0 Å². The summed E-state index contributed by atoms with van der Waals surface area (Å²) < 4.78 is 23.0. The SMILES string of the molecule is COC(=O)c1cccc(O[C@@H](C)C(=O)Nc2ccc(F)cc2)c1. The summed E-state index contributed by atoms with van der Waals surface area (Å²) in [6.45, 7) is 1.57. The monoisotopic (exact) mass is 317 g/mol. The summed E-state index contributed by atoms with van der Waals surface area (Å²) in [5.74, 6) is -0.888. The molecule has 0 saturated heterocycles. The predicted molar refractivity (Wildman–Crippen MR) is 82.9 cm³/mol. The molecule has 23 heavy (non-hydrogen) atoms. The van der Waals surface area contributed by atoms with Crippen LogP contribution in [-0.4, -0.2) is 25.1 Å². The van der Waals surface area contributed by atoms with Crippen molar-refractivity contribution in [1.82, 2.24) is 0 Å². The van der Waals surface area contributed by atoms with E-state index >= 15 is 0 Å². The smallest absolute Gasteiger partial charge is 0.337 e. The second-order valence-electron chi connectivity index (χ2n) is 4.78. The normalized spacial score (nSPS) is 11.4. The molecule has 0 bridgehead atoms. The van der Waals surface area contributed by atoms with Crippen LogP contribution in [0.25, 0.3) is 0 Å². The average molecular weight is 317 g/mol. The van der Waals surface area contributed by atoms with Gasteiger partial charge in [0.2, 0.25) is 0 Å².